The lowest BCUT2D eigenvalue weighted by Crippen LogP contribution is -2.42. The van der Waals surface area contributed by atoms with Crippen molar-refractivity contribution in [3.63, 3.8) is 0 Å². The van der Waals surface area contributed by atoms with Crippen LogP contribution in [0.4, 0.5) is 10.1 Å². The van der Waals surface area contributed by atoms with Crippen LogP contribution < -0.4 is 14.6 Å². The van der Waals surface area contributed by atoms with Gasteiger partial charge in [0.2, 0.25) is 0 Å². The highest BCUT2D eigenvalue weighted by Gasteiger charge is 2.29. The van der Waals surface area contributed by atoms with Crippen molar-refractivity contribution in [2.45, 2.75) is 25.9 Å². The second-order valence-electron chi connectivity index (χ2n) is 6.57. The number of amides is 1. The van der Waals surface area contributed by atoms with Gasteiger partial charge in [-0.3, -0.25) is 4.79 Å². The van der Waals surface area contributed by atoms with E-state index >= 15 is 0 Å². The summed E-state index contributed by atoms with van der Waals surface area (Å²) >= 11 is 0. The number of para-hydroxylation sites is 2. The van der Waals surface area contributed by atoms with Gasteiger partial charge in [0.25, 0.3) is 11.7 Å². The largest absolute Gasteiger partial charge is 0.495 e. The van der Waals surface area contributed by atoms with Crippen LogP contribution in [-0.4, -0.2) is 17.6 Å². The van der Waals surface area contributed by atoms with Crippen LogP contribution in [0.5, 0.6) is 5.75 Å². The second kappa shape index (κ2) is 7.23. The van der Waals surface area contributed by atoms with Gasteiger partial charge in [-0.2, -0.15) is 0 Å². The number of halogens is 1. The Bertz CT molecular complexity index is 980. The number of imidazole rings is 1. The number of methoxy groups -OCH3 is 1. The Labute approximate surface area is 157 Å². The van der Waals surface area contributed by atoms with Gasteiger partial charge in [-0.1, -0.05) is 12.1 Å². The van der Waals surface area contributed by atoms with Crippen molar-refractivity contribution in [3.05, 3.63) is 66.4 Å². The Kier molecular flexibility index (Phi) is 4.62. The van der Waals surface area contributed by atoms with Crippen molar-refractivity contribution in [2.24, 2.45) is 0 Å². The van der Waals surface area contributed by atoms with Gasteiger partial charge in [0.1, 0.15) is 17.8 Å². The third-order valence-corrected chi connectivity index (χ3v) is 4.83. The lowest BCUT2D eigenvalue weighted by atomic mass is 10.1. The summed E-state index contributed by atoms with van der Waals surface area (Å²) in [5, 5.41) is 2.91. The number of fused-ring (bicyclic) bond motifs is 1. The van der Waals surface area contributed by atoms with Crippen LogP contribution in [0.2, 0.25) is 0 Å². The van der Waals surface area contributed by atoms with E-state index in [2.05, 4.69) is 9.88 Å². The normalized spacial score (nSPS) is 12.7. The zero-order chi connectivity index (χ0) is 18.8. The van der Waals surface area contributed by atoms with Gasteiger partial charge in [-0.25, -0.2) is 13.5 Å². The van der Waals surface area contributed by atoms with Crippen molar-refractivity contribution >= 4 is 11.6 Å². The maximum atomic E-state index is 13.2. The zero-order valence-electron chi connectivity index (χ0n) is 15.1. The highest BCUT2D eigenvalue weighted by atomic mass is 19.1. The van der Waals surface area contributed by atoms with Gasteiger partial charge in [0.15, 0.2) is 12.2 Å². The van der Waals surface area contributed by atoms with Gasteiger partial charge in [-0.05, 0) is 42.8 Å². The van der Waals surface area contributed by atoms with Crippen LogP contribution in [0.25, 0.3) is 11.3 Å². The van der Waals surface area contributed by atoms with E-state index in [0.717, 1.165) is 36.5 Å². The first kappa shape index (κ1) is 17.3. The van der Waals surface area contributed by atoms with E-state index in [-0.39, 0.29) is 18.3 Å². The van der Waals surface area contributed by atoms with E-state index < -0.39 is 0 Å². The summed E-state index contributed by atoms with van der Waals surface area (Å²) < 4.78 is 22.7. The number of aromatic nitrogens is 2. The summed E-state index contributed by atoms with van der Waals surface area (Å²) in [6, 6.07) is 13.8. The Morgan fingerprint density at radius 1 is 1.22 bits per heavy atom. The standard InChI is InChI=1S/C21H20FN3O2/c1-27-19-6-3-2-5-17(19)23-20(26)14-24-13-18(25-12-4-7-21(24)25)15-8-10-16(22)11-9-15/h2-3,5-6,8-11,13H,4,7,12,14H2,1H3/p+1. The molecule has 1 aromatic heterocycles. The van der Waals surface area contributed by atoms with Crippen molar-refractivity contribution in [1.29, 1.82) is 0 Å². The minimum absolute atomic E-state index is 0.115. The van der Waals surface area contributed by atoms with E-state index in [0.29, 0.717) is 11.4 Å². The Balaban J connectivity index is 1.58. The van der Waals surface area contributed by atoms with Gasteiger partial charge >= 0.3 is 0 Å². The fourth-order valence-corrected chi connectivity index (χ4v) is 3.59. The summed E-state index contributed by atoms with van der Waals surface area (Å²) in [5.41, 5.74) is 2.61. The van der Waals surface area contributed by atoms with Crippen molar-refractivity contribution in [3.8, 4) is 17.0 Å². The van der Waals surface area contributed by atoms with Crippen LogP contribution in [0.3, 0.4) is 0 Å². The molecule has 0 aliphatic carbocycles. The molecular formula is C21H21FN3O2+. The fourth-order valence-electron chi connectivity index (χ4n) is 3.59. The van der Waals surface area contributed by atoms with E-state index in [1.54, 1.807) is 19.2 Å². The smallest absolute Gasteiger partial charge is 0.266 e. The van der Waals surface area contributed by atoms with Crippen molar-refractivity contribution in [1.82, 2.24) is 4.57 Å². The zero-order valence-corrected chi connectivity index (χ0v) is 15.1. The first-order valence-electron chi connectivity index (χ1n) is 8.96. The predicted octanol–water partition coefficient (Wildman–Crippen LogP) is 3.18. The molecule has 0 saturated carbocycles. The molecule has 2 aromatic carbocycles. The van der Waals surface area contributed by atoms with Gasteiger partial charge in [-0.15, -0.1) is 0 Å². The number of nitrogens with zero attached hydrogens (tertiary/aromatic N) is 2. The maximum Gasteiger partial charge on any atom is 0.266 e. The predicted molar refractivity (Wildman–Crippen MR) is 100.0 cm³/mol. The van der Waals surface area contributed by atoms with Crippen LogP contribution in [-0.2, 0) is 24.3 Å². The number of carbonyl (C=O) groups excluding carboxylic acids is 1. The van der Waals surface area contributed by atoms with Crippen LogP contribution in [0.15, 0.2) is 54.7 Å². The lowest BCUT2D eigenvalue weighted by molar-refractivity contribution is -0.690. The first-order valence-corrected chi connectivity index (χ1v) is 8.96. The van der Waals surface area contributed by atoms with Crippen LogP contribution in [0.1, 0.15) is 12.2 Å². The van der Waals surface area contributed by atoms with Gasteiger partial charge in [0, 0.05) is 5.56 Å². The number of ether oxygens (including phenoxy) is 1. The van der Waals surface area contributed by atoms with Crippen molar-refractivity contribution < 1.29 is 18.5 Å². The van der Waals surface area contributed by atoms with E-state index in [4.69, 9.17) is 4.74 Å². The average Bonchev–Trinajstić information content (AvgIpc) is 3.27. The molecule has 0 bridgehead atoms. The van der Waals surface area contributed by atoms with E-state index in [9.17, 15) is 9.18 Å². The number of rotatable bonds is 5. The summed E-state index contributed by atoms with van der Waals surface area (Å²) in [5.74, 6) is 1.38. The molecule has 6 heteroatoms. The number of nitrogens with one attached hydrogen (secondary N) is 1. The topological polar surface area (TPSA) is 47.1 Å². The molecule has 2 heterocycles. The molecule has 1 N–H and O–H groups in total. The number of anilines is 1. The molecule has 0 atom stereocenters. The second-order valence-corrected chi connectivity index (χ2v) is 6.57. The molecule has 1 amide bonds. The summed E-state index contributed by atoms with van der Waals surface area (Å²) in [4.78, 5) is 12.6. The molecule has 0 fully saturated rings. The van der Waals surface area contributed by atoms with Gasteiger partial charge in [0.05, 0.1) is 25.8 Å². The molecule has 0 spiro atoms. The Hall–Kier alpha value is -3.15. The third kappa shape index (κ3) is 3.43. The Morgan fingerprint density at radius 2 is 2.00 bits per heavy atom. The highest BCUT2D eigenvalue weighted by molar-refractivity contribution is 5.91. The first-order chi connectivity index (χ1) is 13.2. The number of hydrogen-bond donors (Lipinski definition) is 1. The highest BCUT2D eigenvalue weighted by Crippen LogP contribution is 2.25. The minimum atomic E-state index is -0.254. The molecule has 0 radical (unpaired) electrons. The maximum absolute atomic E-state index is 13.2. The van der Waals surface area contributed by atoms with Gasteiger partial charge < -0.3 is 10.1 Å². The lowest BCUT2D eigenvalue weighted by Gasteiger charge is -2.09. The average molecular weight is 366 g/mol. The Morgan fingerprint density at radius 3 is 2.78 bits per heavy atom. The quantitative estimate of drug-likeness (QED) is 0.705. The summed E-state index contributed by atoms with van der Waals surface area (Å²) in [6.07, 6.45) is 3.94. The number of benzene rings is 2. The molecule has 27 heavy (non-hydrogen) atoms. The SMILES string of the molecule is COc1ccccc1NC(=O)C[n+]1cc(-c2ccc(F)cc2)n2c1CCC2. The molecule has 3 aromatic rings. The molecule has 1 aliphatic heterocycles. The molecule has 1 aliphatic rings. The monoisotopic (exact) mass is 366 g/mol. The van der Waals surface area contributed by atoms with Crippen LogP contribution >= 0.6 is 0 Å². The molecule has 138 valence electrons. The number of carbonyl (C=O) groups is 1. The molecule has 0 saturated heterocycles. The van der Waals surface area contributed by atoms with Crippen LogP contribution in [0, 0.1) is 5.82 Å². The molecule has 0 unspecified atom stereocenters. The minimum Gasteiger partial charge on any atom is -0.495 e. The third-order valence-electron chi connectivity index (χ3n) is 4.83. The summed E-state index contributed by atoms with van der Waals surface area (Å²) in [7, 11) is 1.58. The molecule has 4 rings (SSSR count). The number of hydrogen-bond acceptors (Lipinski definition) is 2. The molecular weight excluding hydrogens is 345 g/mol. The van der Waals surface area contributed by atoms with E-state index in [1.165, 1.54) is 12.1 Å². The summed E-state index contributed by atoms with van der Waals surface area (Å²) in [6.45, 7) is 1.12. The van der Waals surface area contributed by atoms with E-state index in [1.807, 2.05) is 35.0 Å². The fraction of sp³-hybridized carbons (Fsp3) is 0.238. The van der Waals surface area contributed by atoms with Crippen molar-refractivity contribution in [2.75, 3.05) is 12.4 Å². The molecule has 5 nitrogen and oxygen atoms in total.